The van der Waals surface area contributed by atoms with Gasteiger partial charge in [0.1, 0.15) is 0 Å². The normalized spacial score (nSPS) is 10.5. The van der Waals surface area contributed by atoms with Crippen LogP contribution in [0.3, 0.4) is 0 Å². The number of aromatic amines is 1. The minimum absolute atomic E-state index is 0.00528. The second-order valence-electron chi connectivity index (χ2n) is 3.50. The van der Waals surface area contributed by atoms with E-state index < -0.39 is 0 Å². The number of carbonyl (C=O) groups is 1. The van der Waals surface area contributed by atoms with Crippen molar-refractivity contribution in [2.75, 3.05) is 6.54 Å². The summed E-state index contributed by atoms with van der Waals surface area (Å²) in [5.41, 5.74) is 1.72. The Morgan fingerprint density at radius 1 is 1.40 bits per heavy atom. The Labute approximate surface area is 88.5 Å². The van der Waals surface area contributed by atoms with Gasteiger partial charge in [-0.25, -0.2) is 0 Å². The largest absolute Gasteiger partial charge is 0.360 e. The fraction of sp³-hybridized carbons (Fsp3) is 0.250. The molecule has 78 valence electrons. The number of amides is 1. The highest BCUT2D eigenvalue weighted by atomic mass is 16.1. The van der Waals surface area contributed by atoms with Crippen LogP contribution < -0.4 is 5.32 Å². The van der Waals surface area contributed by atoms with Crippen LogP contribution in [-0.4, -0.2) is 17.4 Å². The van der Waals surface area contributed by atoms with Gasteiger partial charge in [0.15, 0.2) is 0 Å². The minimum Gasteiger partial charge on any atom is -0.360 e. The van der Waals surface area contributed by atoms with E-state index in [1.165, 1.54) is 0 Å². The third-order valence-corrected chi connectivity index (χ3v) is 2.37. The standard InChI is InChI=1S/C12H14N2O/c1-2-7-13-12(15)10-8-14-11-6-4-3-5-9(10)11/h3-6,8,14H,2,7H2,1H3,(H,13,15). The number of rotatable bonds is 3. The van der Waals surface area contributed by atoms with E-state index in [0.717, 1.165) is 29.4 Å². The molecule has 0 saturated heterocycles. The summed E-state index contributed by atoms with van der Waals surface area (Å²) in [5, 5.41) is 3.85. The molecular formula is C12H14N2O. The van der Waals surface area contributed by atoms with Crippen LogP contribution >= 0.6 is 0 Å². The van der Waals surface area contributed by atoms with Crippen LogP contribution in [0, 0.1) is 0 Å². The van der Waals surface area contributed by atoms with Crippen molar-refractivity contribution in [2.24, 2.45) is 0 Å². The van der Waals surface area contributed by atoms with E-state index in [2.05, 4.69) is 10.3 Å². The number of H-pyrrole nitrogens is 1. The summed E-state index contributed by atoms with van der Waals surface area (Å²) in [7, 11) is 0. The van der Waals surface area contributed by atoms with Gasteiger partial charge in [0, 0.05) is 23.6 Å². The molecule has 1 aromatic carbocycles. The Bertz CT molecular complexity index is 473. The number of carbonyl (C=O) groups excluding carboxylic acids is 1. The van der Waals surface area contributed by atoms with Gasteiger partial charge in [0.2, 0.25) is 0 Å². The van der Waals surface area contributed by atoms with Crippen molar-refractivity contribution in [3.63, 3.8) is 0 Å². The van der Waals surface area contributed by atoms with Crippen LogP contribution in [0.2, 0.25) is 0 Å². The van der Waals surface area contributed by atoms with Crippen molar-refractivity contribution in [1.82, 2.24) is 10.3 Å². The summed E-state index contributed by atoms with van der Waals surface area (Å²) in [6, 6.07) is 7.80. The lowest BCUT2D eigenvalue weighted by Crippen LogP contribution is -2.23. The van der Waals surface area contributed by atoms with Gasteiger partial charge >= 0.3 is 0 Å². The summed E-state index contributed by atoms with van der Waals surface area (Å²) in [6.07, 6.45) is 2.71. The van der Waals surface area contributed by atoms with Crippen LogP contribution in [0.1, 0.15) is 23.7 Å². The minimum atomic E-state index is -0.00528. The van der Waals surface area contributed by atoms with E-state index in [1.54, 1.807) is 6.20 Å². The average molecular weight is 202 g/mol. The van der Waals surface area contributed by atoms with Gasteiger partial charge < -0.3 is 10.3 Å². The van der Waals surface area contributed by atoms with Gasteiger partial charge in [-0.2, -0.15) is 0 Å². The lowest BCUT2D eigenvalue weighted by Gasteiger charge is -2.01. The van der Waals surface area contributed by atoms with Crippen molar-refractivity contribution in [3.8, 4) is 0 Å². The molecule has 0 saturated carbocycles. The second-order valence-corrected chi connectivity index (χ2v) is 3.50. The molecule has 1 heterocycles. The third kappa shape index (κ3) is 1.86. The number of aromatic nitrogens is 1. The van der Waals surface area contributed by atoms with Crippen molar-refractivity contribution < 1.29 is 4.79 Å². The number of hydrogen-bond donors (Lipinski definition) is 2. The van der Waals surface area contributed by atoms with E-state index in [-0.39, 0.29) is 5.91 Å². The lowest BCUT2D eigenvalue weighted by molar-refractivity contribution is 0.0955. The Morgan fingerprint density at radius 3 is 3.00 bits per heavy atom. The van der Waals surface area contributed by atoms with Gasteiger partial charge in [-0.3, -0.25) is 4.79 Å². The molecule has 0 spiro atoms. The maximum atomic E-state index is 11.7. The maximum absolute atomic E-state index is 11.7. The van der Waals surface area contributed by atoms with Crippen molar-refractivity contribution in [3.05, 3.63) is 36.0 Å². The molecule has 3 nitrogen and oxygen atoms in total. The first-order valence-electron chi connectivity index (χ1n) is 5.17. The summed E-state index contributed by atoms with van der Waals surface area (Å²) in [6.45, 7) is 2.76. The topological polar surface area (TPSA) is 44.9 Å². The summed E-state index contributed by atoms with van der Waals surface area (Å²) in [4.78, 5) is 14.8. The van der Waals surface area contributed by atoms with Crippen molar-refractivity contribution in [1.29, 1.82) is 0 Å². The molecule has 0 atom stereocenters. The Hall–Kier alpha value is -1.77. The van der Waals surface area contributed by atoms with Crippen molar-refractivity contribution >= 4 is 16.8 Å². The molecule has 0 aliphatic rings. The van der Waals surface area contributed by atoms with E-state index in [0.29, 0.717) is 0 Å². The summed E-state index contributed by atoms with van der Waals surface area (Å²) in [5.74, 6) is -0.00528. The zero-order chi connectivity index (χ0) is 10.7. The van der Waals surface area contributed by atoms with Crippen LogP contribution in [-0.2, 0) is 0 Å². The highest BCUT2D eigenvalue weighted by molar-refractivity contribution is 6.06. The lowest BCUT2D eigenvalue weighted by atomic mass is 10.1. The average Bonchev–Trinajstić information content (AvgIpc) is 2.69. The Kier molecular flexibility index (Phi) is 2.72. The zero-order valence-corrected chi connectivity index (χ0v) is 8.71. The first-order chi connectivity index (χ1) is 7.33. The number of nitrogens with one attached hydrogen (secondary N) is 2. The van der Waals surface area contributed by atoms with Gasteiger partial charge in [-0.1, -0.05) is 25.1 Å². The molecule has 0 fully saturated rings. The second kappa shape index (κ2) is 4.17. The first-order valence-corrected chi connectivity index (χ1v) is 5.17. The molecule has 0 aliphatic carbocycles. The van der Waals surface area contributed by atoms with Gasteiger partial charge in [0.25, 0.3) is 5.91 Å². The fourth-order valence-corrected chi connectivity index (χ4v) is 1.59. The molecule has 1 amide bonds. The molecule has 3 heteroatoms. The van der Waals surface area contributed by atoms with Gasteiger partial charge in [-0.05, 0) is 12.5 Å². The third-order valence-electron chi connectivity index (χ3n) is 2.37. The zero-order valence-electron chi connectivity index (χ0n) is 8.71. The molecule has 0 radical (unpaired) electrons. The van der Waals surface area contributed by atoms with Crippen LogP contribution in [0.25, 0.3) is 10.9 Å². The van der Waals surface area contributed by atoms with E-state index in [1.807, 2.05) is 31.2 Å². The van der Waals surface area contributed by atoms with Gasteiger partial charge in [-0.15, -0.1) is 0 Å². The molecule has 0 aliphatic heterocycles. The molecule has 0 unspecified atom stereocenters. The summed E-state index contributed by atoms with van der Waals surface area (Å²) >= 11 is 0. The quantitative estimate of drug-likeness (QED) is 0.788. The highest BCUT2D eigenvalue weighted by Gasteiger charge is 2.09. The Morgan fingerprint density at radius 2 is 2.20 bits per heavy atom. The molecule has 2 N–H and O–H groups in total. The molecular weight excluding hydrogens is 188 g/mol. The fourth-order valence-electron chi connectivity index (χ4n) is 1.59. The van der Waals surface area contributed by atoms with Crippen molar-refractivity contribution in [2.45, 2.75) is 13.3 Å². The number of fused-ring (bicyclic) bond motifs is 1. The van der Waals surface area contributed by atoms with E-state index in [4.69, 9.17) is 0 Å². The molecule has 2 rings (SSSR count). The molecule has 0 bridgehead atoms. The monoisotopic (exact) mass is 202 g/mol. The van der Waals surface area contributed by atoms with Crippen LogP contribution in [0.5, 0.6) is 0 Å². The number of hydrogen-bond acceptors (Lipinski definition) is 1. The Balaban J connectivity index is 2.31. The van der Waals surface area contributed by atoms with Crippen LogP contribution in [0.4, 0.5) is 0 Å². The first kappa shape index (κ1) is 9.77. The number of benzene rings is 1. The van der Waals surface area contributed by atoms with E-state index in [9.17, 15) is 4.79 Å². The van der Waals surface area contributed by atoms with E-state index >= 15 is 0 Å². The maximum Gasteiger partial charge on any atom is 0.253 e. The molecule has 15 heavy (non-hydrogen) atoms. The smallest absolute Gasteiger partial charge is 0.253 e. The summed E-state index contributed by atoms with van der Waals surface area (Å²) < 4.78 is 0. The predicted octanol–water partition coefficient (Wildman–Crippen LogP) is 2.31. The number of para-hydroxylation sites is 1. The SMILES string of the molecule is CCCNC(=O)c1c[nH]c2ccccc12. The van der Waals surface area contributed by atoms with Crippen LogP contribution in [0.15, 0.2) is 30.5 Å². The predicted molar refractivity (Wildman–Crippen MR) is 60.9 cm³/mol. The highest BCUT2D eigenvalue weighted by Crippen LogP contribution is 2.17. The van der Waals surface area contributed by atoms with Gasteiger partial charge in [0.05, 0.1) is 5.56 Å². The molecule has 1 aromatic heterocycles. The molecule has 2 aromatic rings.